The number of thiazole rings is 1. The van der Waals surface area contributed by atoms with Crippen LogP contribution in [0.1, 0.15) is 19.5 Å². The summed E-state index contributed by atoms with van der Waals surface area (Å²) in [6.07, 6.45) is 2.11. The Bertz CT molecular complexity index is 572. The van der Waals surface area contributed by atoms with E-state index in [1.165, 1.54) is 17.7 Å². The second-order valence-electron chi connectivity index (χ2n) is 4.59. The van der Waals surface area contributed by atoms with Gasteiger partial charge in [-0.05, 0) is 36.3 Å². The van der Waals surface area contributed by atoms with Crippen molar-refractivity contribution in [2.45, 2.75) is 13.8 Å². The molecule has 0 unspecified atom stereocenters. The number of rotatable bonds is 4. The largest absolute Gasteiger partial charge is 0.237 e. The summed E-state index contributed by atoms with van der Waals surface area (Å²) >= 11 is 5.08. The van der Waals surface area contributed by atoms with E-state index >= 15 is 0 Å². The molecule has 19 heavy (non-hydrogen) atoms. The van der Waals surface area contributed by atoms with Crippen LogP contribution in [0, 0.1) is 11.7 Å². The van der Waals surface area contributed by atoms with Gasteiger partial charge in [0.2, 0.25) is 0 Å². The summed E-state index contributed by atoms with van der Waals surface area (Å²) in [4.78, 5) is 4.58. The van der Waals surface area contributed by atoms with Crippen LogP contribution in [0.4, 0.5) is 4.39 Å². The van der Waals surface area contributed by atoms with Crippen molar-refractivity contribution in [2.24, 2.45) is 5.92 Å². The molecule has 4 heteroatoms. The molecular formula is C15H15BrFNS. The van der Waals surface area contributed by atoms with E-state index in [2.05, 4.69) is 40.8 Å². The molecule has 0 aliphatic rings. The Morgan fingerprint density at radius 3 is 2.63 bits per heavy atom. The predicted molar refractivity (Wildman–Crippen MR) is 84.1 cm³/mol. The lowest BCUT2D eigenvalue weighted by Gasteiger charge is -2.06. The molecule has 100 valence electrons. The molecule has 0 radical (unpaired) electrons. The zero-order chi connectivity index (χ0) is 13.8. The van der Waals surface area contributed by atoms with Crippen molar-refractivity contribution in [1.29, 1.82) is 0 Å². The minimum absolute atomic E-state index is 0.221. The van der Waals surface area contributed by atoms with E-state index in [0.717, 1.165) is 21.6 Å². The van der Waals surface area contributed by atoms with Crippen LogP contribution < -0.4 is 0 Å². The van der Waals surface area contributed by atoms with Crippen LogP contribution in [-0.2, 0) is 0 Å². The van der Waals surface area contributed by atoms with E-state index in [1.54, 1.807) is 23.5 Å². The maximum absolute atomic E-state index is 12.9. The van der Waals surface area contributed by atoms with Gasteiger partial charge in [-0.1, -0.05) is 35.4 Å². The fourth-order valence-corrected chi connectivity index (χ4v) is 3.22. The van der Waals surface area contributed by atoms with Gasteiger partial charge in [-0.2, -0.15) is 0 Å². The first-order valence-electron chi connectivity index (χ1n) is 6.08. The molecule has 0 spiro atoms. The molecule has 0 N–H and O–H groups in total. The molecule has 1 aromatic heterocycles. The van der Waals surface area contributed by atoms with Crippen LogP contribution in [0.2, 0.25) is 0 Å². The third kappa shape index (κ3) is 3.74. The van der Waals surface area contributed by atoms with Crippen LogP contribution >= 0.6 is 27.3 Å². The highest BCUT2D eigenvalue weighted by molar-refractivity contribution is 9.09. The number of allylic oxidation sites excluding steroid dienone is 1. The topological polar surface area (TPSA) is 12.9 Å². The van der Waals surface area contributed by atoms with Gasteiger partial charge >= 0.3 is 0 Å². The SMILES string of the molecule is CC(C)C(=Cc1csc(-c2ccc(F)cc2)n1)CBr. The van der Waals surface area contributed by atoms with Crippen molar-refractivity contribution in [1.82, 2.24) is 4.98 Å². The van der Waals surface area contributed by atoms with Crippen LogP contribution in [0.3, 0.4) is 0 Å². The fourth-order valence-electron chi connectivity index (χ4n) is 1.63. The highest BCUT2D eigenvalue weighted by Gasteiger charge is 2.06. The number of aromatic nitrogens is 1. The quantitative estimate of drug-likeness (QED) is 0.681. The van der Waals surface area contributed by atoms with Crippen LogP contribution in [0.15, 0.2) is 35.2 Å². The molecule has 1 aromatic carbocycles. The zero-order valence-electron chi connectivity index (χ0n) is 10.9. The third-order valence-corrected chi connectivity index (χ3v) is 4.40. The third-order valence-electron chi connectivity index (χ3n) is 2.84. The minimum Gasteiger partial charge on any atom is -0.237 e. The average molecular weight is 340 g/mol. The maximum Gasteiger partial charge on any atom is 0.124 e. The summed E-state index contributed by atoms with van der Waals surface area (Å²) in [7, 11) is 0. The first kappa shape index (κ1) is 14.4. The van der Waals surface area contributed by atoms with Crippen molar-refractivity contribution in [3.05, 3.63) is 46.7 Å². The minimum atomic E-state index is -0.221. The summed E-state index contributed by atoms with van der Waals surface area (Å²) in [5, 5.41) is 3.81. The molecular weight excluding hydrogens is 325 g/mol. The van der Waals surface area contributed by atoms with E-state index in [-0.39, 0.29) is 5.82 Å². The molecule has 0 saturated carbocycles. The lowest BCUT2D eigenvalue weighted by molar-refractivity contribution is 0.628. The lowest BCUT2D eigenvalue weighted by Crippen LogP contribution is -1.94. The second kappa shape index (κ2) is 6.44. The van der Waals surface area contributed by atoms with Crippen molar-refractivity contribution in [3.63, 3.8) is 0 Å². The highest BCUT2D eigenvalue weighted by atomic mass is 79.9. The van der Waals surface area contributed by atoms with E-state index in [1.807, 2.05) is 5.38 Å². The number of nitrogens with zero attached hydrogens (tertiary/aromatic N) is 1. The van der Waals surface area contributed by atoms with Crippen molar-refractivity contribution in [2.75, 3.05) is 5.33 Å². The van der Waals surface area contributed by atoms with Gasteiger partial charge in [0.1, 0.15) is 10.8 Å². The summed E-state index contributed by atoms with van der Waals surface area (Å²) in [6.45, 7) is 4.33. The molecule has 1 heterocycles. The van der Waals surface area contributed by atoms with Gasteiger partial charge < -0.3 is 0 Å². The molecule has 0 saturated heterocycles. The van der Waals surface area contributed by atoms with E-state index < -0.39 is 0 Å². The fraction of sp³-hybridized carbons (Fsp3) is 0.267. The first-order valence-corrected chi connectivity index (χ1v) is 8.08. The number of halogens is 2. The molecule has 0 amide bonds. The maximum atomic E-state index is 12.9. The van der Waals surface area contributed by atoms with Gasteiger partial charge in [-0.3, -0.25) is 0 Å². The second-order valence-corrected chi connectivity index (χ2v) is 6.01. The molecule has 0 fully saturated rings. The Hall–Kier alpha value is -1.000. The van der Waals surface area contributed by atoms with Crippen molar-refractivity contribution in [3.8, 4) is 10.6 Å². The number of hydrogen-bond acceptors (Lipinski definition) is 2. The van der Waals surface area contributed by atoms with Gasteiger partial charge in [0.05, 0.1) is 5.69 Å². The smallest absolute Gasteiger partial charge is 0.124 e. The van der Waals surface area contributed by atoms with Crippen LogP contribution in [0.5, 0.6) is 0 Å². The van der Waals surface area contributed by atoms with Gasteiger partial charge in [-0.15, -0.1) is 11.3 Å². The number of benzene rings is 1. The Labute approximate surface area is 125 Å². The molecule has 2 rings (SSSR count). The Morgan fingerprint density at radius 1 is 1.37 bits per heavy atom. The summed E-state index contributed by atoms with van der Waals surface area (Å²) < 4.78 is 12.9. The van der Waals surface area contributed by atoms with Crippen LogP contribution in [-0.4, -0.2) is 10.3 Å². The van der Waals surface area contributed by atoms with E-state index in [0.29, 0.717) is 5.92 Å². The van der Waals surface area contributed by atoms with Gasteiger partial charge in [0.25, 0.3) is 0 Å². The standard InChI is InChI=1S/C15H15BrFNS/c1-10(2)12(8-16)7-14-9-19-15(18-14)11-3-5-13(17)6-4-11/h3-7,9-10H,8H2,1-2H3. The highest BCUT2D eigenvalue weighted by Crippen LogP contribution is 2.26. The Balaban J connectivity index is 2.26. The predicted octanol–water partition coefficient (Wildman–Crippen LogP) is 5.38. The summed E-state index contributed by atoms with van der Waals surface area (Å²) in [5.74, 6) is 0.275. The van der Waals surface area contributed by atoms with E-state index in [9.17, 15) is 4.39 Å². The van der Waals surface area contributed by atoms with Gasteiger partial charge in [0.15, 0.2) is 0 Å². The lowest BCUT2D eigenvalue weighted by atomic mass is 10.0. The molecule has 0 bridgehead atoms. The monoisotopic (exact) mass is 339 g/mol. The number of alkyl halides is 1. The van der Waals surface area contributed by atoms with Gasteiger partial charge in [0, 0.05) is 16.3 Å². The average Bonchev–Trinajstić information content (AvgIpc) is 2.85. The molecule has 0 atom stereocenters. The first-order chi connectivity index (χ1) is 9.10. The van der Waals surface area contributed by atoms with Crippen LogP contribution in [0.25, 0.3) is 16.6 Å². The van der Waals surface area contributed by atoms with Gasteiger partial charge in [-0.25, -0.2) is 9.37 Å². The van der Waals surface area contributed by atoms with E-state index in [4.69, 9.17) is 0 Å². The van der Waals surface area contributed by atoms with Crippen molar-refractivity contribution >= 4 is 33.3 Å². The normalized spacial score (nSPS) is 12.2. The summed E-state index contributed by atoms with van der Waals surface area (Å²) in [5.41, 5.74) is 3.24. The summed E-state index contributed by atoms with van der Waals surface area (Å²) in [6, 6.07) is 6.44. The molecule has 0 aliphatic heterocycles. The zero-order valence-corrected chi connectivity index (χ0v) is 13.3. The Kier molecular flexibility index (Phi) is 4.88. The molecule has 2 aromatic rings. The van der Waals surface area contributed by atoms with Crippen molar-refractivity contribution < 1.29 is 4.39 Å². The number of hydrogen-bond donors (Lipinski definition) is 0. The Morgan fingerprint density at radius 2 is 2.05 bits per heavy atom. The molecule has 1 nitrogen and oxygen atoms in total. The molecule has 0 aliphatic carbocycles.